The number of carbonyl (C=O) groups is 2. The number of fused-ring (bicyclic) bond motifs is 1. The third-order valence-corrected chi connectivity index (χ3v) is 4.90. The molecule has 0 aliphatic heterocycles. The molecule has 0 bridgehead atoms. The first-order valence-electron chi connectivity index (χ1n) is 8.18. The molecule has 1 heterocycles. The molecule has 6 heteroatoms. The maximum Gasteiger partial charge on any atom is 0.269 e. The number of hydrogen-bond donors (Lipinski definition) is 2. The Bertz CT molecular complexity index is 972. The standard InChI is InChI=1S/C20H19N3O2S/c1-13-6-5-8-16(10-13)19(25)23-22-18(24)12-26-20-14(2)11-15-7-3-4-9-17(15)21-20/h3-11H,12H2,1-2H3,(H,22,24)(H,23,25). The van der Waals surface area contributed by atoms with Crippen LogP contribution in [0.15, 0.2) is 59.6 Å². The zero-order valence-corrected chi connectivity index (χ0v) is 15.4. The first-order chi connectivity index (χ1) is 12.5. The number of rotatable bonds is 4. The molecule has 2 N–H and O–H groups in total. The van der Waals surface area contributed by atoms with Crippen LogP contribution in [0.3, 0.4) is 0 Å². The monoisotopic (exact) mass is 365 g/mol. The Morgan fingerprint density at radius 2 is 1.81 bits per heavy atom. The largest absolute Gasteiger partial charge is 0.272 e. The Morgan fingerprint density at radius 3 is 2.62 bits per heavy atom. The lowest BCUT2D eigenvalue weighted by Crippen LogP contribution is -2.42. The average molecular weight is 365 g/mol. The minimum Gasteiger partial charge on any atom is -0.272 e. The number of benzene rings is 2. The summed E-state index contributed by atoms with van der Waals surface area (Å²) in [6, 6.07) is 17.1. The van der Waals surface area contributed by atoms with Gasteiger partial charge in [-0.25, -0.2) is 4.98 Å². The van der Waals surface area contributed by atoms with Crippen LogP contribution in [-0.2, 0) is 4.79 Å². The van der Waals surface area contributed by atoms with E-state index in [0.29, 0.717) is 5.56 Å². The summed E-state index contributed by atoms with van der Waals surface area (Å²) in [7, 11) is 0. The highest BCUT2D eigenvalue weighted by molar-refractivity contribution is 7.99. The van der Waals surface area contributed by atoms with Crippen LogP contribution in [-0.4, -0.2) is 22.6 Å². The van der Waals surface area contributed by atoms with Gasteiger partial charge < -0.3 is 0 Å². The molecule has 132 valence electrons. The van der Waals surface area contributed by atoms with E-state index >= 15 is 0 Å². The van der Waals surface area contributed by atoms with E-state index in [1.165, 1.54) is 11.8 Å². The summed E-state index contributed by atoms with van der Waals surface area (Å²) in [6.07, 6.45) is 0. The second-order valence-electron chi connectivity index (χ2n) is 5.96. The molecule has 0 unspecified atom stereocenters. The van der Waals surface area contributed by atoms with Crippen molar-refractivity contribution >= 4 is 34.5 Å². The van der Waals surface area contributed by atoms with Crippen LogP contribution in [0.4, 0.5) is 0 Å². The molecular weight excluding hydrogens is 346 g/mol. The molecule has 2 aromatic carbocycles. The topological polar surface area (TPSA) is 71.1 Å². The molecule has 3 rings (SSSR count). The van der Waals surface area contributed by atoms with E-state index < -0.39 is 0 Å². The summed E-state index contributed by atoms with van der Waals surface area (Å²) in [6.45, 7) is 3.88. The lowest BCUT2D eigenvalue weighted by atomic mass is 10.1. The highest BCUT2D eigenvalue weighted by Crippen LogP contribution is 2.24. The van der Waals surface area contributed by atoms with Crippen molar-refractivity contribution in [3.8, 4) is 0 Å². The Balaban J connectivity index is 1.56. The Kier molecular flexibility index (Phi) is 5.53. The van der Waals surface area contributed by atoms with Crippen LogP contribution in [0.1, 0.15) is 21.5 Å². The molecule has 26 heavy (non-hydrogen) atoms. The summed E-state index contributed by atoms with van der Waals surface area (Å²) in [4.78, 5) is 28.6. The number of nitrogens with zero attached hydrogens (tertiary/aromatic N) is 1. The number of pyridine rings is 1. The third-order valence-electron chi connectivity index (χ3n) is 3.80. The number of nitrogens with one attached hydrogen (secondary N) is 2. The molecule has 0 saturated carbocycles. The fourth-order valence-electron chi connectivity index (χ4n) is 2.51. The fourth-order valence-corrected chi connectivity index (χ4v) is 3.29. The normalized spacial score (nSPS) is 10.5. The number of carbonyl (C=O) groups excluding carboxylic acids is 2. The fraction of sp³-hybridized carbons (Fsp3) is 0.150. The van der Waals surface area contributed by atoms with E-state index in [-0.39, 0.29) is 17.6 Å². The maximum absolute atomic E-state index is 12.0. The zero-order chi connectivity index (χ0) is 18.5. The highest BCUT2D eigenvalue weighted by Gasteiger charge is 2.10. The molecule has 2 amide bonds. The molecular formula is C20H19N3O2S. The average Bonchev–Trinajstić information content (AvgIpc) is 2.64. The van der Waals surface area contributed by atoms with Crippen molar-refractivity contribution in [3.05, 3.63) is 71.3 Å². The van der Waals surface area contributed by atoms with Crippen molar-refractivity contribution < 1.29 is 9.59 Å². The molecule has 5 nitrogen and oxygen atoms in total. The number of hydrazine groups is 1. The zero-order valence-electron chi connectivity index (χ0n) is 14.6. The van der Waals surface area contributed by atoms with Gasteiger partial charge in [-0.15, -0.1) is 0 Å². The van der Waals surface area contributed by atoms with E-state index in [1.54, 1.807) is 18.2 Å². The van der Waals surface area contributed by atoms with Crippen LogP contribution in [0.2, 0.25) is 0 Å². The predicted molar refractivity (Wildman–Crippen MR) is 104 cm³/mol. The summed E-state index contributed by atoms with van der Waals surface area (Å²) < 4.78 is 0. The van der Waals surface area contributed by atoms with E-state index in [4.69, 9.17) is 0 Å². The van der Waals surface area contributed by atoms with Crippen molar-refractivity contribution in [1.29, 1.82) is 0 Å². The van der Waals surface area contributed by atoms with Crippen LogP contribution in [0.5, 0.6) is 0 Å². The Labute approximate surface area is 156 Å². The predicted octanol–water partition coefficient (Wildman–Crippen LogP) is 3.40. The molecule has 0 spiro atoms. The Morgan fingerprint density at radius 1 is 1.00 bits per heavy atom. The SMILES string of the molecule is Cc1cccc(C(=O)NNC(=O)CSc2nc3ccccc3cc2C)c1. The summed E-state index contributed by atoms with van der Waals surface area (Å²) in [5, 5.41) is 1.88. The van der Waals surface area contributed by atoms with E-state index in [9.17, 15) is 9.59 Å². The van der Waals surface area contributed by atoms with Crippen LogP contribution in [0.25, 0.3) is 10.9 Å². The van der Waals surface area contributed by atoms with E-state index in [2.05, 4.69) is 21.9 Å². The van der Waals surface area contributed by atoms with Gasteiger partial charge >= 0.3 is 0 Å². The quantitative estimate of drug-likeness (QED) is 0.549. The van der Waals surface area contributed by atoms with Gasteiger partial charge in [-0.1, -0.05) is 47.7 Å². The number of hydrogen-bond acceptors (Lipinski definition) is 4. The Hall–Kier alpha value is -2.86. The number of amides is 2. The van der Waals surface area contributed by atoms with Crippen molar-refractivity contribution in [1.82, 2.24) is 15.8 Å². The van der Waals surface area contributed by atoms with Gasteiger partial charge in [0.15, 0.2) is 0 Å². The van der Waals surface area contributed by atoms with Crippen molar-refractivity contribution in [2.45, 2.75) is 18.9 Å². The molecule has 0 saturated heterocycles. The van der Waals surface area contributed by atoms with Crippen LogP contribution < -0.4 is 10.9 Å². The number of aromatic nitrogens is 1. The molecule has 1 aromatic heterocycles. The van der Waals surface area contributed by atoms with Gasteiger partial charge in [-0.05, 0) is 43.7 Å². The minimum atomic E-state index is -0.341. The van der Waals surface area contributed by atoms with Gasteiger partial charge in [0, 0.05) is 10.9 Å². The molecule has 3 aromatic rings. The molecule has 0 aliphatic rings. The van der Waals surface area contributed by atoms with Crippen LogP contribution >= 0.6 is 11.8 Å². The lowest BCUT2D eigenvalue weighted by Gasteiger charge is -2.09. The van der Waals surface area contributed by atoms with Gasteiger partial charge in [-0.2, -0.15) is 0 Å². The lowest BCUT2D eigenvalue weighted by molar-refractivity contribution is -0.119. The van der Waals surface area contributed by atoms with Crippen LogP contribution in [0, 0.1) is 13.8 Å². The molecule has 0 radical (unpaired) electrons. The first kappa shape index (κ1) is 17.9. The summed E-state index contributed by atoms with van der Waals surface area (Å²) in [5.41, 5.74) is 8.28. The molecule has 0 atom stereocenters. The van der Waals surface area contributed by atoms with Gasteiger partial charge in [-0.3, -0.25) is 20.4 Å². The summed E-state index contributed by atoms with van der Waals surface area (Å²) >= 11 is 1.35. The van der Waals surface area contributed by atoms with Gasteiger partial charge in [0.1, 0.15) is 5.03 Å². The first-order valence-corrected chi connectivity index (χ1v) is 9.16. The number of thioether (sulfide) groups is 1. The molecule has 0 aliphatic carbocycles. The number of aryl methyl sites for hydroxylation is 2. The maximum atomic E-state index is 12.0. The summed E-state index contributed by atoms with van der Waals surface area (Å²) in [5.74, 6) is -0.460. The highest BCUT2D eigenvalue weighted by atomic mass is 32.2. The molecule has 0 fully saturated rings. The van der Waals surface area contributed by atoms with E-state index in [0.717, 1.165) is 27.1 Å². The minimum absolute atomic E-state index is 0.167. The van der Waals surface area contributed by atoms with Crippen molar-refractivity contribution in [2.75, 3.05) is 5.75 Å². The smallest absolute Gasteiger partial charge is 0.269 e. The van der Waals surface area contributed by atoms with Gasteiger partial charge in [0.2, 0.25) is 5.91 Å². The number of para-hydroxylation sites is 1. The van der Waals surface area contributed by atoms with Gasteiger partial charge in [0.25, 0.3) is 5.91 Å². The van der Waals surface area contributed by atoms with E-state index in [1.807, 2.05) is 44.2 Å². The van der Waals surface area contributed by atoms with Gasteiger partial charge in [0.05, 0.1) is 11.3 Å². The third kappa shape index (κ3) is 4.40. The van der Waals surface area contributed by atoms with Crippen molar-refractivity contribution in [2.24, 2.45) is 0 Å². The second-order valence-corrected chi connectivity index (χ2v) is 6.93. The second kappa shape index (κ2) is 8.01. The van der Waals surface area contributed by atoms with Crippen molar-refractivity contribution in [3.63, 3.8) is 0 Å².